The standard InChI is InChI=1S/C7H14O4.Na/c1-3-10-7(11-4-2)5-6(8)9;/h7H,3-5H2,1-2H3,(H,8,9);/q;+1/p-1. The predicted molar refractivity (Wildman–Crippen MR) is 36.7 cm³/mol. The van der Waals surface area contributed by atoms with Gasteiger partial charge >= 0.3 is 29.6 Å². The SMILES string of the molecule is CCOC(CC(=O)[O-])OCC.[Na+]. The summed E-state index contributed by atoms with van der Waals surface area (Å²) in [6.45, 7) is 4.44. The maximum atomic E-state index is 10.1. The van der Waals surface area contributed by atoms with Crippen molar-refractivity contribution in [3.8, 4) is 0 Å². The van der Waals surface area contributed by atoms with Gasteiger partial charge in [0, 0.05) is 25.6 Å². The molecule has 0 saturated heterocycles. The van der Waals surface area contributed by atoms with E-state index in [0.717, 1.165) is 0 Å². The molecular weight excluding hydrogens is 171 g/mol. The molecule has 0 radical (unpaired) electrons. The molecule has 12 heavy (non-hydrogen) atoms. The smallest absolute Gasteiger partial charge is 0.550 e. The van der Waals surface area contributed by atoms with Gasteiger partial charge in [-0.25, -0.2) is 0 Å². The molecule has 0 heterocycles. The first-order valence-electron chi connectivity index (χ1n) is 3.63. The van der Waals surface area contributed by atoms with Crippen LogP contribution in [0.3, 0.4) is 0 Å². The van der Waals surface area contributed by atoms with E-state index in [0.29, 0.717) is 13.2 Å². The molecule has 0 unspecified atom stereocenters. The average Bonchev–Trinajstić information content (AvgIpc) is 1.87. The summed E-state index contributed by atoms with van der Waals surface area (Å²) in [5.41, 5.74) is 0. The number of ether oxygens (including phenoxy) is 2. The molecule has 0 aliphatic heterocycles. The molecule has 0 aliphatic rings. The molecular formula is C7H13NaO4. The van der Waals surface area contributed by atoms with Gasteiger partial charge in [0.15, 0.2) is 6.29 Å². The van der Waals surface area contributed by atoms with Crippen molar-refractivity contribution in [3.05, 3.63) is 0 Å². The van der Waals surface area contributed by atoms with Gasteiger partial charge in [0.25, 0.3) is 0 Å². The Balaban J connectivity index is 0. The van der Waals surface area contributed by atoms with Crippen LogP contribution in [0.4, 0.5) is 0 Å². The van der Waals surface area contributed by atoms with Crippen LogP contribution >= 0.6 is 0 Å². The summed E-state index contributed by atoms with van der Waals surface area (Å²) in [5, 5.41) is 10.1. The largest absolute Gasteiger partial charge is 1.00 e. The monoisotopic (exact) mass is 184 g/mol. The van der Waals surface area contributed by atoms with Crippen molar-refractivity contribution < 1.29 is 48.9 Å². The zero-order chi connectivity index (χ0) is 8.69. The maximum Gasteiger partial charge on any atom is 1.00 e. The summed E-state index contributed by atoms with van der Waals surface area (Å²) >= 11 is 0. The van der Waals surface area contributed by atoms with Gasteiger partial charge < -0.3 is 19.4 Å². The molecule has 0 rings (SSSR count). The van der Waals surface area contributed by atoms with Crippen molar-refractivity contribution in [2.45, 2.75) is 26.6 Å². The first-order chi connectivity index (χ1) is 5.20. The summed E-state index contributed by atoms with van der Waals surface area (Å²) in [5.74, 6) is -1.16. The molecule has 0 spiro atoms. The van der Waals surface area contributed by atoms with Gasteiger partial charge in [0.05, 0.1) is 0 Å². The van der Waals surface area contributed by atoms with Crippen LogP contribution < -0.4 is 34.7 Å². The van der Waals surface area contributed by atoms with Crippen molar-refractivity contribution in [2.75, 3.05) is 13.2 Å². The van der Waals surface area contributed by atoms with Gasteiger partial charge in [-0.05, 0) is 13.8 Å². The number of carbonyl (C=O) groups is 1. The van der Waals surface area contributed by atoms with E-state index in [-0.39, 0.29) is 36.0 Å². The minimum Gasteiger partial charge on any atom is -0.550 e. The Morgan fingerprint density at radius 2 is 1.75 bits per heavy atom. The fourth-order valence-corrected chi connectivity index (χ4v) is 0.674. The number of hydrogen-bond acceptors (Lipinski definition) is 4. The van der Waals surface area contributed by atoms with Crippen LogP contribution in [-0.2, 0) is 14.3 Å². The molecule has 0 amide bonds. The Morgan fingerprint density at radius 1 is 1.33 bits per heavy atom. The summed E-state index contributed by atoms with van der Waals surface area (Å²) in [6, 6.07) is 0. The molecule has 5 heteroatoms. The number of hydrogen-bond donors (Lipinski definition) is 0. The third-order valence-electron chi connectivity index (χ3n) is 1.04. The average molecular weight is 184 g/mol. The third-order valence-corrected chi connectivity index (χ3v) is 1.04. The normalized spacial score (nSPS) is 9.58. The van der Waals surface area contributed by atoms with Crippen molar-refractivity contribution in [2.24, 2.45) is 0 Å². The van der Waals surface area contributed by atoms with Gasteiger partial charge in [0.2, 0.25) is 0 Å². The van der Waals surface area contributed by atoms with Crippen LogP contribution in [0, 0.1) is 0 Å². The maximum absolute atomic E-state index is 10.1. The van der Waals surface area contributed by atoms with Gasteiger partial charge in [-0.1, -0.05) is 0 Å². The van der Waals surface area contributed by atoms with E-state index in [4.69, 9.17) is 9.47 Å². The summed E-state index contributed by atoms with van der Waals surface area (Å²) in [7, 11) is 0. The molecule has 4 nitrogen and oxygen atoms in total. The molecule has 0 aliphatic carbocycles. The minimum absolute atomic E-state index is 0. The zero-order valence-electron chi connectivity index (χ0n) is 7.83. The predicted octanol–water partition coefficient (Wildman–Crippen LogP) is -3.47. The molecule has 0 aromatic rings. The second kappa shape index (κ2) is 9.48. The third kappa shape index (κ3) is 8.49. The van der Waals surface area contributed by atoms with Gasteiger partial charge in [-0.15, -0.1) is 0 Å². The summed E-state index contributed by atoms with van der Waals surface area (Å²) < 4.78 is 9.90. The molecule has 0 atom stereocenters. The van der Waals surface area contributed by atoms with Gasteiger partial charge in [-0.2, -0.15) is 0 Å². The molecule has 66 valence electrons. The van der Waals surface area contributed by atoms with Crippen LogP contribution in [0.2, 0.25) is 0 Å². The quantitative estimate of drug-likeness (QED) is 0.318. The van der Waals surface area contributed by atoms with E-state index < -0.39 is 12.3 Å². The molecule has 0 bridgehead atoms. The summed E-state index contributed by atoms with van der Waals surface area (Å²) in [4.78, 5) is 10.1. The Hall–Kier alpha value is 0.390. The topological polar surface area (TPSA) is 58.6 Å². The minimum atomic E-state index is -1.16. The number of carboxylic acid groups (broad SMARTS) is 1. The second-order valence-corrected chi connectivity index (χ2v) is 1.92. The van der Waals surface area contributed by atoms with E-state index in [1.165, 1.54) is 0 Å². The van der Waals surface area contributed by atoms with Crippen molar-refractivity contribution in [1.29, 1.82) is 0 Å². The van der Waals surface area contributed by atoms with Gasteiger partial charge in [-0.3, -0.25) is 0 Å². The zero-order valence-corrected chi connectivity index (χ0v) is 9.83. The van der Waals surface area contributed by atoms with Crippen molar-refractivity contribution in [1.82, 2.24) is 0 Å². The van der Waals surface area contributed by atoms with E-state index in [1.54, 1.807) is 13.8 Å². The number of carboxylic acids is 1. The number of carbonyl (C=O) groups excluding carboxylic acids is 1. The van der Waals surface area contributed by atoms with Crippen molar-refractivity contribution >= 4 is 5.97 Å². The number of aliphatic carboxylic acids is 1. The molecule has 0 aromatic carbocycles. The van der Waals surface area contributed by atoms with E-state index in [9.17, 15) is 9.90 Å². The van der Waals surface area contributed by atoms with Crippen LogP contribution in [0.1, 0.15) is 20.3 Å². The Kier molecular flexibility index (Phi) is 11.8. The van der Waals surface area contributed by atoms with E-state index in [1.807, 2.05) is 0 Å². The summed E-state index contributed by atoms with van der Waals surface area (Å²) in [6.07, 6.45) is -0.864. The number of rotatable bonds is 6. The fraction of sp³-hybridized carbons (Fsp3) is 0.857. The molecule has 0 saturated carbocycles. The Morgan fingerprint density at radius 3 is 2.00 bits per heavy atom. The fourth-order valence-electron chi connectivity index (χ4n) is 0.674. The van der Waals surface area contributed by atoms with Crippen LogP contribution in [0.15, 0.2) is 0 Å². The van der Waals surface area contributed by atoms with Gasteiger partial charge in [0.1, 0.15) is 0 Å². The van der Waals surface area contributed by atoms with E-state index in [2.05, 4.69) is 0 Å². The van der Waals surface area contributed by atoms with Crippen molar-refractivity contribution in [3.63, 3.8) is 0 Å². The second-order valence-electron chi connectivity index (χ2n) is 1.92. The molecule has 0 aromatic heterocycles. The Bertz CT molecular complexity index is 112. The van der Waals surface area contributed by atoms with Crippen LogP contribution in [0.5, 0.6) is 0 Å². The Labute approximate surface area is 94.5 Å². The molecule has 0 N–H and O–H groups in total. The first-order valence-corrected chi connectivity index (χ1v) is 3.63. The van der Waals surface area contributed by atoms with E-state index >= 15 is 0 Å². The van der Waals surface area contributed by atoms with Crippen LogP contribution in [-0.4, -0.2) is 25.5 Å². The van der Waals surface area contributed by atoms with Crippen LogP contribution in [0.25, 0.3) is 0 Å². The molecule has 0 fully saturated rings. The first kappa shape index (κ1) is 14.9.